The third-order valence-electron chi connectivity index (χ3n) is 2.45. The summed E-state index contributed by atoms with van der Waals surface area (Å²) in [5, 5.41) is 2.90. The van der Waals surface area contributed by atoms with Crippen molar-refractivity contribution in [1.82, 2.24) is 0 Å². The van der Waals surface area contributed by atoms with Gasteiger partial charge in [0, 0.05) is 0 Å². The lowest BCUT2D eigenvalue weighted by Gasteiger charge is -2.21. The Morgan fingerprint density at radius 1 is 1.47 bits per heavy atom. The van der Waals surface area contributed by atoms with Crippen LogP contribution in [-0.2, 0) is 9.53 Å². The highest BCUT2D eigenvalue weighted by Gasteiger charge is 2.23. The summed E-state index contributed by atoms with van der Waals surface area (Å²) >= 11 is 0. The van der Waals surface area contributed by atoms with Crippen LogP contribution in [-0.4, -0.2) is 19.1 Å². The smallest absolute Gasteiger partial charge is 0.328 e. The summed E-state index contributed by atoms with van der Waals surface area (Å²) in [7, 11) is 1.31. The summed E-state index contributed by atoms with van der Waals surface area (Å²) in [6.07, 6.45) is 0. The van der Waals surface area contributed by atoms with Gasteiger partial charge in [-0.2, -0.15) is 0 Å². The molecule has 0 aliphatic carbocycles. The van der Waals surface area contributed by atoms with Gasteiger partial charge >= 0.3 is 5.97 Å². The highest BCUT2D eigenvalue weighted by molar-refractivity contribution is 5.81. The maximum Gasteiger partial charge on any atom is 0.328 e. The van der Waals surface area contributed by atoms with Gasteiger partial charge in [-0.05, 0) is 24.1 Å². The van der Waals surface area contributed by atoms with E-state index in [1.807, 2.05) is 13.8 Å². The van der Waals surface area contributed by atoms with Crippen molar-refractivity contribution in [2.75, 3.05) is 18.2 Å². The first-order valence-corrected chi connectivity index (χ1v) is 5.35. The fourth-order valence-electron chi connectivity index (χ4n) is 1.45. The quantitative estimate of drug-likeness (QED) is 0.624. The van der Waals surface area contributed by atoms with Crippen LogP contribution in [0, 0.1) is 11.7 Å². The van der Waals surface area contributed by atoms with Crippen LogP contribution < -0.4 is 11.1 Å². The van der Waals surface area contributed by atoms with Gasteiger partial charge in [-0.3, -0.25) is 0 Å². The molecular weight excluding hydrogens is 223 g/mol. The van der Waals surface area contributed by atoms with Crippen LogP contribution >= 0.6 is 0 Å². The van der Waals surface area contributed by atoms with Gasteiger partial charge in [-0.1, -0.05) is 13.8 Å². The Balaban J connectivity index is 2.93. The molecule has 1 unspecified atom stereocenters. The van der Waals surface area contributed by atoms with Crippen LogP contribution in [0.1, 0.15) is 13.8 Å². The molecule has 4 nitrogen and oxygen atoms in total. The second-order valence-electron chi connectivity index (χ2n) is 4.12. The molecule has 1 atom stereocenters. The number of anilines is 2. The Morgan fingerprint density at radius 2 is 2.12 bits per heavy atom. The normalized spacial score (nSPS) is 12.3. The average molecular weight is 240 g/mol. The number of halogens is 1. The summed E-state index contributed by atoms with van der Waals surface area (Å²) in [5.41, 5.74) is 6.49. The summed E-state index contributed by atoms with van der Waals surface area (Å²) < 4.78 is 17.7. The first-order chi connectivity index (χ1) is 7.95. The molecule has 3 N–H and O–H groups in total. The number of hydrogen-bond acceptors (Lipinski definition) is 4. The van der Waals surface area contributed by atoms with Crippen LogP contribution in [0.3, 0.4) is 0 Å². The van der Waals surface area contributed by atoms with Gasteiger partial charge in [0.25, 0.3) is 0 Å². The maximum atomic E-state index is 13.1. The number of hydrogen-bond donors (Lipinski definition) is 2. The Labute approximate surface area is 100.0 Å². The molecule has 0 saturated carbocycles. The van der Waals surface area contributed by atoms with Crippen LogP contribution in [0.2, 0.25) is 0 Å². The van der Waals surface area contributed by atoms with Gasteiger partial charge < -0.3 is 15.8 Å². The molecule has 17 heavy (non-hydrogen) atoms. The predicted octanol–water partition coefficient (Wildman–Crippen LogP) is 2.02. The summed E-state index contributed by atoms with van der Waals surface area (Å²) in [4.78, 5) is 11.5. The molecule has 0 spiro atoms. The van der Waals surface area contributed by atoms with Gasteiger partial charge in [0.05, 0.1) is 18.5 Å². The van der Waals surface area contributed by atoms with Gasteiger partial charge in [-0.15, -0.1) is 0 Å². The Kier molecular flexibility index (Phi) is 4.31. The third-order valence-corrected chi connectivity index (χ3v) is 2.45. The van der Waals surface area contributed by atoms with Crippen LogP contribution in [0.25, 0.3) is 0 Å². The zero-order chi connectivity index (χ0) is 13.0. The van der Waals surface area contributed by atoms with Gasteiger partial charge in [0.2, 0.25) is 0 Å². The molecule has 0 bridgehead atoms. The number of rotatable bonds is 4. The number of nitrogen functional groups attached to an aromatic ring is 1. The second kappa shape index (κ2) is 5.52. The Hall–Kier alpha value is -1.78. The fourth-order valence-corrected chi connectivity index (χ4v) is 1.45. The number of nitrogens with one attached hydrogen (secondary N) is 1. The molecule has 0 aliphatic rings. The molecule has 1 aromatic rings. The van der Waals surface area contributed by atoms with Crippen molar-refractivity contribution in [2.45, 2.75) is 19.9 Å². The molecular formula is C12H17FN2O2. The largest absolute Gasteiger partial charge is 0.467 e. The predicted molar refractivity (Wildman–Crippen MR) is 65.1 cm³/mol. The van der Waals surface area contributed by atoms with Crippen LogP contribution in [0.5, 0.6) is 0 Å². The van der Waals surface area contributed by atoms with E-state index >= 15 is 0 Å². The van der Waals surface area contributed by atoms with E-state index in [-0.39, 0.29) is 5.92 Å². The van der Waals surface area contributed by atoms with Crippen molar-refractivity contribution in [1.29, 1.82) is 0 Å². The average Bonchev–Trinajstić information content (AvgIpc) is 2.28. The van der Waals surface area contributed by atoms with Crippen molar-refractivity contribution < 1.29 is 13.9 Å². The van der Waals surface area contributed by atoms with Crippen molar-refractivity contribution in [3.05, 3.63) is 24.0 Å². The van der Waals surface area contributed by atoms with E-state index in [1.54, 1.807) is 0 Å². The first-order valence-electron chi connectivity index (χ1n) is 5.35. The summed E-state index contributed by atoms with van der Waals surface area (Å²) in [5.74, 6) is -0.803. The number of esters is 1. The molecule has 94 valence electrons. The zero-order valence-corrected chi connectivity index (χ0v) is 10.2. The first kappa shape index (κ1) is 13.3. The summed E-state index contributed by atoms with van der Waals surface area (Å²) in [6, 6.07) is 3.42. The molecule has 0 aliphatic heterocycles. The SMILES string of the molecule is COC(=O)C(Nc1cc(F)ccc1N)C(C)C. The molecule has 1 aromatic carbocycles. The topological polar surface area (TPSA) is 64.3 Å². The lowest BCUT2D eigenvalue weighted by molar-refractivity contribution is -0.142. The number of benzene rings is 1. The molecule has 0 fully saturated rings. The molecule has 0 heterocycles. The third kappa shape index (κ3) is 3.34. The van der Waals surface area contributed by atoms with Gasteiger partial charge in [-0.25, -0.2) is 9.18 Å². The monoisotopic (exact) mass is 240 g/mol. The van der Waals surface area contributed by atoms with E-state index in [2.05, 4.69) is 10.1 Å². The fraction of sp³-hybridized carbons (Fsp3) is 0.417. The van der Waals surface area contributed by atoms with E-state index in [4.69, 9.17) is 5.73 Å². The summed E-state index contributed by atoms with van der Waals surface area (Å²) in [6.45, 7) is 3.73. The van der Waals surface area contributed by atoms with E-state index in [0.29, 0.717) is 11.4 Å². The van der Waals surface area contributed by atoms with E-state index < -0.39 is 17.8 Å². The molecule has 0 amide bonds. The zero-order valence-electron chi connectivity index (χ0n) is 10.2. The number of methoxy groups -OCH3 is 1. The minimum atomic E-state index is -0.552. The second-order valence-corrected chi connectivity index (χ2v) is 4.12. The minimum Gasteiger partial charge on any atom is -0.467 e. The highest BCUT2D eigenvalue weighted by Crippen LogP contribution is 2.22. The van der Waals surface area contributed by atoms with Gasteiger partial charge in [0.1, 0.15) is 11.9 Å². The van der Waals surface area contributed by atoms with E-state index in [0.717, 1.165) is 0 Å². The van der Waals surface area contributed by atoms with Crippen molar-refractivity contribution in [3.8, 4) is 0 Å². The lowest BCUT2D eigenvalue weighted by atomic mass is 10.0. The number of nitrogens with two attached hydrogens (primary N) is 1. The molecule has 0 aromatic heterocycles. The molecule has 0 radical (unpaired) electrons. The number of ether oxygens (including phenoxy) is 1. The van der Waals surface area contributed by atoms with Crippen LogP contribution in [0.15, 0.2) is 18.2 Å². The lowest BCUT2D eigenvalue weighted by Crippen LogP contribution is -2.35. The maximum absolute atomic E-state index is 13.1. The van der Waals surface area contributed by atoms with Crippen LogP contribution in [0.4, 0.5) is 15.8 Å². The Morgan fingerprint density at radius 3 is 2.65 bits per heavy atom. The van der Waals surface area contributed by atoms with Crippen molar-refractivity contribution in [2.24, 2.45) is 5.92 Å². The molecule has 1 rings (SSSR count). The standard InChI is InChI=1S/C12H17FN2O2/c1-7(2)11(12(16)17-3)15-10-6-8(13)4-5-9(10)14/h4-7,11,15H,14H2,1-3H3. The number of carbonyl (C=O) groups is 1. The molecule has 0 saturated heterocycles. The van der Waals surface area contributed by atoms with E-state index in [1.165, 1.54) is 25.3 Å². The van der Waals surface area contributed by atoms with Crippen molar-refractivity contribution >= 4 is 17.3 Å². The van der Waals surface area contributed by atoms with Crippen molar-refractivity contribution in [3.63, 3.8) is 0 Å². The van der Waals surface area contributed by atoms with E-state index in [9.17, 15) is 9.18 Å². The van der Waals surface area contributed by atoms with Gasteiger partial charge in [0.15, 0.2) is 0 Å². The molecule has 5 heteroatoms. The number of carbonyl (C=O) groups excluding carboxylic acids is 1. The Bertz CT molecular complexity index is 407. The minimum absolute atomic E-state index is 0.00474. The highest BCUT2D eigenvalue weighted by atomic mass is 19.1.